The Labute approximate surface area is 141 Å². The summed E-state index contributed by atoms with van der Waals surface area (Å²) in [7, 11) is 3.25. The molecule has 0 saturated carbocycles. The molecule has 0 radical (unpaired) electrons. The highest BCUT2D eigenvalue weighted by Crippen LogP contribution is 2.33. The summed E-state index contributed by atoms with van der Waals surface area (Å²) in [5.74, 6) is 1.41. The lowest BCUT2D eigenvalue weighted by molar-refractivity contribution is -0.136. The summed E-state index contributed by atoms with van der Waals surface area (Å²) in [6, 6.07) is 3.98. The van der Waals surface area contributed by atoms with Gasteiger partial charge in [-0.2, -0.15) is 5.10 Å². The van der Waals surface area contributed by atoms with E-state index in [0.29, 0.717) is 25.4 Å². The first-order valence-electron chi connectivity index (χ1n) is 7.97. The Morgan fingerprint density at radius 1 is 1.25 bits per heavy atom. The maximum Gasteiger partial charge on any atom is 0.227 e. The predicted octanol–water partition coefficient (Wildman–Crippen LogP) is 1.52. The monoisotopic (exact) mass is 330 g/mol. The van der Waals surface area contributed by atoms with Crippen molar-refractivity contribution in [2.45, 2.75) is 26.4 Å². The van der Waals surface area contributed by atoms with E-state index in [2.05, 4.69) is 10.1 Å². The molecule has 128 valence electrons. The van der Waals surface area contributed by atoms with Gasteiger partial charge in [-0.15, -0.1) is 0 Å². The Morgan fingerprint density at radius 2 is 1.96 bits per heavy atom. The molecule has 7 nitrogen and oxygen atoms in total. The minimum Gasteiger partial charge on any atom is -0.493 e. The molecule has 24 heavy (non-hydrogen) atoms. The van der Waals surface area contributed by atoms with Crippen LogP contribution in [0.1, 0.15) is 18.1 Å². The van der Waals surface area contributed by atoms with Gasteiger partial charge in [0.05, 0.1) is 26.7 Å². The average Bonchev–Trinajstić information content (AvgIpc) is 3.12. The van der Waals surface area contributed by atoms with E-state index in [-0.39, 0.29) is 11.8 Å². The van der Waals surface area contributed by atoms with Gasteiger partial charge in [-0.1, -0.05) is 6.92 Å². The van der Waals surface area contributed by atoms with Crippen LogP contribution >= 0.6 is 0 Å². The van der Waals surface area contributed by atoms with Crippen molar-refractivity contribution in [3.63, 3.8) is 0 Å². The molecule has 1 aliphatic rings. The summed E-state index contributed by atoms with van der Waals surface area (Å²) in [6.07, 6.45) is 3.93. The maximum atomic E-state index is 12.7. The van der Waals surface area contributed by atoms with Gasteiger partial charge in [-0.05, 0) is 29.7 Å². The molecule has 0 bridgehead atoms. The Kier molecular flexibility index (Phi) is 4.69. The number of carbonyl (C=O) groups excluding carboxylic acids is 1. The molecule has 1 aromatic carbocycles. The Balaban J connectivity index is 1.73. The minimum absolute atomic E-state index is 0.130. The summed E-state index contributed by atoms with van der Waals surface area (Å²) in [5.41, 5.74) is 2.32. The molecule has 1 amide bonds. The standard InChI is InChI=1S/C17H22N4O3/c1-12(8-21-11-18-10-19-21)17(22)20-5-4-13-6-15(23-2)16(24-3)7-14(13)9-20/h6-7,10-12H,4-5,8-9H2,1-3H3. The number of carbonyl (C=O) groups is 1. The van der Waals surface area contributed by atoms with Crippen LogP contribution in [0.15, 0.2) is 24.8 Å². The number of amides is 1. The van der Waals surface area contributed by atoms with Gasteiger partial charge in [-0.25, -0.2) is 4.98 Å². The topological polar surface area (TPSA) is 69.5 Å². The van der Waals surface area contributed by atoms with Crippen molar-refractivity contribution in [2.75, 3.05) is 20.8 Å². The normalized spacial score (nSPS) is 14.9. The number of hydrogen-bond acceptors (Lipinski definition) is 5. The number of hydrogen-bond donors (Lipinski definition) is 0. The van der Waals surface area contributed by atoms with Crippen molar-refractivity contribution in [3.05, 3.63) is 35.9 Å². The van der Waals surface area contributed by atoms with Gasteiger partial charge >= 0.3 is 0 Å². The van der Waals surface area contributed by atoms with Gasteiger partial charge in [0, 0.05) is 13.1 Å². The minimum atomic E-state index is -0.145. The quantitative estimate of drug-likeness (QED) is 0.831. The lowest BCUT2D eigenvalue weighted by Gasteiger charge is -2.31. The van der Waals surface area contributed by atoms with Gasteiger partial charge in [0.2, 0.25) is 5.91 Å². The van der Waals surface area contributed by atoms with Crippen LogP contribution in [0.5, 0.6) is 11.5 Å². The summed E-state index contributed by atoms with van der Waals surface area (Å²) in [4.78, 5) is 18.5. The highest BCUT2D eigenvalue weighted by atomic mass is 16.5. The Bertz CT molecular complexity index is 715. The van der Waals surface area contributed by atoms with E-state index < -0.39 is 0 Å². The van der Waals surface area contributed by atoms with Gasteiger partial charge < -0.3 is 14.4 Å². The number of aromatic nitrogens is 3. The number of rotatable bonds is 5. The summed E-state index contributed by atoms with van der Waals surface area (Å²) in [5, 5.41) is 4.07. The van der Waals surface area contributed by atoms with E-state index in [1.54, 1.807) is 25.2 Å². The zero-order valence-electron chi connectivity index (χ0n) is 14.2. The molecule has 7 heteroatoms. The number of nitrogens with zero attached hydrogens (tertiary/aromatic N) is 4. The second-order valence-electron chi connectivity index (χ2n) is 6.00. The van der Waals surface area contributed by atoms with Crippen LogP contribution in [0.2, 0.25) is 0 Å². The third kappa shape index (κ3) is 3.20. The molecule has 1 aliphatic heterocycles. The zero-order valence-corrected chi connectivity index (χ0v) is 14.2. The van der Waals surface area contributed by atoms with E-state index in [1.807, 2.05) is 24.0 Å². The molecule has 0 fully saturated rings. The van der Waals surface area contributed by atoms with Crippen molar-refractivity contribution in [1.29, 1.82) is 0 Å². The third-order valence-corrected chi connectivity index (χ3v) is 4.38. The molecular formula is C17H22N4O3. The smallest absolute Gasteiger partial charge is 0.227 e. The van der Waals surface area contributed by atoms with E-state index in [1.165, 1.54) is 11.9 Å². The highest BCUT2D eigenvalue weighted by molar-refractivity contribution is 5.78. The SMILES string of the molecule is COc1cc2c(cc1OC)CN(C(=O)C(C)Cn1cncn1)CC2. The zero-order chi connectivity index (χ0) is 17.1. The molecule has 1 aromatic heterocycles. The Morgan fingerprint density at radius 3 is 2.58 bits per heavy atom. The number of benzene rings is 1. The first-order valence-corrected chi connectivity index (χ1v) is 7.97. The molecule has 0 saturated heterocycles. The first kappa shape index (κ1) is 16.3. The third-order valence-electron chi connectivity index (χ3n) is 4.38. The van der Waals surface area contributed by atoms with Crippen molar-refractivity contribution >= 4 is 5.91 Å². The lowest BCUT2D eigenvalue weighted by atomic mass is 9.97. The first-order chi connectivity index (χ1) is 11.6. The van der Waals surface area contributed by atoms with Crippen LogP contribution in [-0.2, 0) is 24.3 Å². The molecule has 2 aromatic rings. The van der Waals surface area contributed by atoms with Crippen molar-refractivity contribution in [2.24, 2.45) is 5.92 Å². The van der Waals surface area contributed by atoms with E-state index in [9.17, 15) is 4.79 Å². The average molecular weight is 330 g/mol. The Hall–Kier alpha value is -2.57. The predicted molar refractivity (Wildman–Crippen MR) is 87.9 cm³/mol. The van der Waals surface area contributed by atoms with Gasteiger partial charge in [0.15, 0.2) is 11.5 Å². The van der Waals surface area contributed by atoms with E-state index >= 15 is 0 Å². The fraction of sp³-hybridized carbons (Fsp3) is 0.471. The molecule has 1 unspecified atom stereocenters. The lowest BCUT2D eigenvalue weighted by Crippen LogP contribution is -2.40. The maximum absolute atomic E-state index is 12.7. The largest absolute Gasteiger partial charge is 0.493 e. The van der Waals surface area contributed by atoms with Crippen LogP contribution in [0.3, 0.4) is 0 Å². The highest BCUT2D eigenvalue weighted by Gasteiger charge is 2.26. The molecule has 0 N–H and O–H groups in total. The fourth-order valence-electron chi connectivity index (χ4n) is 3.07. The molecule has 0 aliphatic carbocycles. The van der Waals surface area contributed by atoms with Gasteiger partial charge in [0.1, 0.15) is 12.7 Å². The van der Waals surface area contributed by atoms with Crippen LogP contribution < -0.4 is 9.47 Å². The fourth-order valence-corrected chi connectivity index (χ4v) is 3.07. The molecule has 1 atom stereocenters. The van der Waals surface area contributed by atoms with Crippen LogP contribution in [0, 0.1) is 5.92 Å². The summed E-state index contributed by atoms with van der Waals surface area (Å²) < 4.78 is 12.4. The second-order valence-corrected chi connectivity index (χ2v) is 6.00. The second kappa shape index (κ2) is 6.90. The summed E-state index contributed by atoms with van der Waals surface area (Å²) >= 11 is 0. The van der Waals surface area contributed by atoms with Gasteiger partial charge in [-0.3, -0.25) is 9.48 Å². The molecule has 0 spiro atoms. The number of methoxy groups -OCH3 is 2. The number of ether oxygens (including phenoxy) is 2. The number of fused-ring (bicyclic) bond motifs is 1. The van der Waals surface area contributed by atoms with Crippen molar-refractivity contribution < 1.29 is 14.3 Å². The van der Waals surface area contributed by atoms with Crippen molar-refractivity contribution in [3.8, 4) is 11.5 Å². The molecule has 3 rings (SSSR count). The summed E-state index contributed by atoms with van der Waals surface area (Å²) in [6.45, 7) is 3.77. The molecule has 2 heterocycles. The van der Waals surface area contributed by atoms with Gasteiger partial charge in [0.25, 0.3) is 0 Å². The van der Waals surface area contributed by atoms with Crippen molar-refractivity contribution in [1.82, 2.24) is 19.7 Å². The van der Waals surface area contributed by atoms with Crippen LogP contribution in [0.25, 0.3) is 0 Å². The van der Waals surface area contributed by atoms with Crippen LogP contribution in [-0.4, -0.2) is 46.3 Å². The van der Waals surface area contributed by atoms with Crippen LogP contribution in [0.4, 0.5) is 0 Å². The molecular weight excluding hydrogens is 308 g/mol. The van der Waals surface area contributed by atoms with E-state index in [4.69, 9.17) is 9.47 Å². The van der Waals surface area contributed by atoms with E-state index in [0.717, 1.165) is 17.7 Å².